The van der Waals surface area contributed by atoms with Crippen molar-refractivity contribution in [1.29, 1.82) is 0 Å². The van der Waals surface area contributed by atoms with Crippen molar-refractivity contribution < 1.29 is 9.84 Å². The van der Waals surface area contributed by atoms with E-state index in [2.05, 4.69) is 0 Å². The summed E-state index contributed by atoms with van der Waals surface area (Å²) in [6, 6.07) is 0. The van der Waals surface area contributed by atoms with Crippen molar-refractivity contribution >= 4 is 23.2 Å². The zero-order chi connectivity index (χ0) is 7.49. The molecule has 0 aliphatic heterocycles. The third-order valence-corrected chi connectivity index (χ3v) is 1.67. The highest BCUT2D eigenvalue weighted by molar-refractivity contribution is 6.47. The van der Waals surface area contributed by atoms with Crippen molar-refractivity contribution in [2.45, 2.75) is 24.5 Å². The minimum absolute atomic E-state index is 0.387. The van der Waals surface area contributed by atoms with Crippen LogP contribution >= 0.6 is 23.2 Å². The van der Waals surface area contributed by atoms with E-state index < -0.39 is 10.6 Å². The Balaban J connectivity index is 3.70. The van der Waals surface area contributed by atoms with Gasteiger partial charge in [0, 0.05) is 6.61 Å². The summed E-state index contributed by atoms with van der Waals surface area (Å²) >= 11 is 10.9. The number of hydrogen-bond donors (Lipinski definition) is 1. The average molecular weight is 173 g/mol. The van der Waals surface area contributed by atoms with Gasteiger partial charge in [-0.1, -0.05) is 23.2 Å². The Hall–Kier alpha value is 0.500. The smallest absolute Gasteiger partial charge is 0.243 e. The molecule has 0 saturated heterocycles. The number of aliphatic hydroxyl groups is 1. The highest BCUT2D eigenvalue weighted by Gasteiger charge is 2.30. The molecule has 0 amide bonds. The summed E-state index contributed by atoms with van der Waals surface area (Å²) in [5.41, 5.74) is 0. The monoisotopic (exact) mass is 172 g/mol. The molecule has 0 saturated carbocycles. The zero-order valence-electron chi connectivity index (χ0n) is 5.40. The largest absolute Gasteiger partial charge is 0.388 e. The molecule has 0 rings (SSSR count). The van der Waals surface area contributed by atoms with Gasteiger partial charge >= 0.3 is 0 Å². The molecule has 0 aromatic carbocycles. The highest BCUT2D eigenvalue weighted by atomic mass is 35.5. The standard InChI is InChI=1S/C5H10Cl2O2/c1-3-9-5(6,7)4(2)8/h4,8H,3H2,1-2H3. The van der Waals surface area contributed by atoms with Crippen LogP contribution in [0.3, 0.4) is 0 Å². The van der Waals surface area contributed by atoms with Crippen LogP contribution < -0.4 is 0 Å². The molecule has 1 atom stereocenters. The summed E-state index contributed by atoms with van der Waals surface area (Å²) in [6.45, 7) is 3.61. The fourth-order valence-electron chi connectivity index (χ4n) is 0.313. The predicted molar refractivity (Wildman–Crippen MR) is 37.7 cm³/mol. The minimum Gasteiger partial charge on any atom is -0.388 e. The van der Waals surface area contributed by atoms with Gasteiger partial charge in [-0.3, -0.25) is 0 Å². The van der Waals surface area contributed by atoms with E-state index in [1.54, 1.807) is 6.92 Å². The third kappa shape index (κ3) is 3.26. The quantitative estimate of drug-likeness (QED) is 0.655. The Labute approximate surface area is 64.7 Å². The fourth-order valence-corrected chi connectivity index (χ4v) is 0.531. The van der Waals surface area contributed by atoms with Gasteiger partial charge in [0.05, 0.1) is 0 Å². The Morgan fingerprint density at radius 3 is 2.22 bits per heavy atom. The van der Waals surface area contributed by atoms with Gasteiger partial charge in [-0.25, -0.2) is 0 Å². The Morgan fingerprint density at radius 2 is 2.11 bits per heavy atom. The normalized spacial score (nSPS) is 15.7. The van der Waals surface area contributed by atoms with Crippen molar-refractivity contribution in [2.24, 2.45) is 0 Å². The van der Waals surface area contributed by atoms with Crippen molar-refractivity contribution in [3.05, 3.63) is 0 Å². The summed E-state index contributed by atoms with van der Waals surface area (Å²) in [6.07, 6.45) is -0.874. The minimum atomic E-state index is -1.45. The molecule has 1 N–H and O–H groups in total. The zero-order valence-corrected chi connectivity index (χ0v) is 6.91. The molecular weight excluding hydrogens is 163 g/mol. The first-order chi connectivity index (χ1) is 4.00. The van der Waals surface area contributed by atoms with Gasteiger partial charge in [-0.2, -0.15) is 0 Å². The van der Waals surface area contributed by atoms with Crippen molar-refractivity contribution in [3.63, 3.8) is 0 Å². The van der Waals surface area contributed by atoms with E-state index in [-0.39, 0.29) is 0 Å². The summed E-state index contributed by atoms with van der Waals surface area (Å²) < 4.78 is 3.32. The summed E-state index contributed by atoms with van der Waals surface area (Å²) in [7, 11) is 0. The number of alkyl halides is 2. The lowest BCUT2D eigenvalue weighted by Crippen LogP contribution is -2.31. The van der Waals surface area contributed by atoms with Crippen LogP contribution in [0, 0.1) is 0 Å². The van der Waals surface area contributed by atoms with E-state index in [0.29, 0.717) is 6.61 Å². The SMILES string of the molecule is CCOC(Cl)(Cl)C(C)O. The molecule has 0 spiro atoms. The van der Waals surface area contributed by atoms with Crippen LogP contribution in [0.15, 0.2) is 0 Å². The first-order valence-electron chi connectivity index (χ1n) is 2.70. The lowest BCUT2D eigenvalue weighted by atomic mass is 10.4. The predicted octanol–water partition coefficient (Wildman–Crippen LogP) is 1.54. The van der Waals surface area contributed by atoms with Crippen LogP contribution in [0.4, 0.5) is 0 Å². The number of halogens is 2. The average Bonchev–Trinajstić information content (AvgIpc) is 1.65. The Morgan fingerprint density at radius 1 is 1.67 bits per heavy atom. The fraction of sp³-hybridized carbons (Fsp3) is 1.00. The Bertz CT molecular complexity index is 83.0. The number of hydrogen-bond acceptors (Lipinski definition) is 2. The summed E-state index contributed by atoms with van der Waals surface area (Å²) in [4.78, 5) is 0. The van der Waals surface area contributed by atoms with E-state index in [1.165, 1.54) is 6.92 Å². The highest BCUT2D eigenvalue weighted by Crippen LogP contribution is 2.26. The van der Waals surface area contributed by atoms with Gasteiger partial charge in [0.15, 0.2) is 0 Å². The molecule has 1 unspecified atom stereocenters. The number of rotatable bonds is 3. The lowest BCUT2D eigenvalue weighted by molar-refractivity contribution is -0.00271. The van der Waals surface area contributed by atoms with Gasteiger partial charge in [0.2, 0.25) is 4.52 Å². The molecule has 0 heterocycles. The van der Waals surface area contributed by atoms with Crippen molar-refractivity contribution in [1.82, 2.24) is 0 Å². The third-order valence-electron chi connectivity index (χ3n) is 0.823. The molecule has 2 nitrogen and oxygen atoms in total. The van der Waals surface area contributed by atoms with Gasteiger partial charge in [-0.05, 0) is 13.8 Å². The Kier molecular flexibility index (Phi) is 3.82. The molecular formula is C5H10Cl2O2. The molecule has 0 aliphatic carbocycles. The van der Waals surface area contributed by atoms with E-state index in [9.17, 15) is 0 Å². The molecule has 0 radical (unpaired) electrons. The lowest BCUT2D eigenvalue weighted by Gasteiger charge is -2.21. The van der Waals surface area contributed by atoms with Crippen LogP contribution in [0.2, 0.25) is 0 Å². The molecule has 0 fully saturated rings. The van der Waals surface area contributed by atoms with Crippen LogP contribution in [-0.2, 0) is 4.74 Å². The van der Waals surface area contributed by atoms with Gasteiger partial charge in [-0.15, -0.1) is 0 Å². The van der Waals surface area contributed by atoms with Crippen LogP contribution in [-0.4, -0.2) is 22.3 Å². The second-order valence-corrected chi connectivity index (χ2v) is 2.99. The molecule has 0 aromatic rings. The van der Waals surface area contributed by atoms with Gasteiger partial charge in [0.25, 0.3) is 0 Å². The van der Waals surface area contributed by atoms with Gasteiger partial charge < -0.3 is 9.84 Å². The van der Waals surface area contributed by atoms with E-state index in [1.807, 2.05) is 0 Å². The van der Waals surface area contributed by atoms with E-state index >= 15 is 0 Å². The molecule has 0 bridgehead atoms. The first-order valence-corrected chi connectivity index (χ1v) is 3.46. The summed E-state index contributed by atoms with van der Waals surface area (Å²) in [5.74, 6) is 0. The molecule has 56 valence electrons. The molecule has 9 heavy (non-hydrogen) atoms. The van der Waals surface area contributed by atoms with Crippen LogP contribution in [0.5, 0.6) is 0 Å². The van der Waals surface area contributed by atoms with Crippen LogP contribution in [0.25, 0.3) is 0 Å². The van der Waals surface area contributed by atoms with Crippen molar-refractivity contribution in [3.8, 4) is 0 Å². The van der Waals surface area contributed by atoms with Crippen molar-refractivity contribution in [2.75, 3.05) is 6.61 Å². The second-order valence-electron chi connectivity index (χ2n) is 1.67. The second kappa shape index (κ2) is 3.62. The summed E-state index contributed by atoms with van der Waals surface area (Å²) in [5, 5.41) is 8.82. The molecule has 0 aliphatic rings. The topological polar surface area (TPSA) is 29.5 Å². The number of ether oxygens (including phenoxy) is 1. The van der Waals surface area contributed by atoms with E-state index in [0.717, 1.165) is 0 Å². The maximum Gasteiger partial charge on any atom is 0.243 e. The van der Waals surface area contributed by atoms with Gasteiger partial charge in [0.1, 0.15) is 6.10 Å². The van der Waals surface area contributed by atoms with E-state index in [4.69, 9.17) is 33.0 Å². The first kappa shape index (κ1) is 9.50. The number of aliphatic hydroxyl groups excluding tert-OH is 1. The van der Waals surface area contributed by atoms with Crippen LogP contribution in [0.1, 0.15) is 13.8 Å². The maximum absolute atomic E-state index is 8.82. The molecule has 0 aromatic heterocycles. The molecule has 4 heteroatoms. The maximum atomic E-state index is 8.82.